The van der Waals surface area contributed by atoms with Crippen LogP contribution in [-0.2, 0) is 0 Å². The Morgan fingerprint density at radius 1 is 2.00 bits per heavy atom. The van der Waals surface area contributed by atoms with E-state index in [2.05, 4.69) is 24.9 Å². The first kappa shape index (κ1) is 5.42. The fourth-order valence-corrected chi connectivity index (χ4v) is 0.843. The summed E-state index contributed by atoms with van der Waals surface area (Å²) < 4.78 is 0. The van der Waals surface area contributed by atoms with Gasteiger partial charge in [0.2, 0.25) is 0 Å². The highest BCUT2D eigenvalue weighted by Crippen LogP contribution is 2.07. The maximum Gasteiger partial charge on any atom is 0.0297 e. The first-order valence-electron chi connectivity index (χ1n) is 2.91. The molecule has 8 heavy (non-hydrogen) atoms. The lowest BCUT2D eigenvalue weighted by atomic mass is 10.2. The highest BCUT2D eigenvalue weighted by Gasteiger charge is 2.05. The monoisotopic (exact) mass is 109 g/mol. The lowest BCUT2D eigenvalue weighted by Gasteiger charge is -1.94. The van der Waals surface area contributed by atoms with Crippen molar-refractivity contribution in [2.45, 2.75) is 6.92 Å². The van der Waals surface area contributed by atoms with E-state index in [4.69, 9.17) is 0 Å². The number of nitrogens with one attached hydrogen (secondary N) is 1. The SMILES string of the molecule is C=CC1=CC(C)CN1. The minimum atomic E-state index is 0.683. The van der Waals surface area contributed by atoms with Gasteiger partial charge in [-0.3, -0.25) is 0 Å². The van der Waals surface area contributed by atoms with E-state index in [0.717, 1.165) is 6.54 Å². The van der Waals surface area contributed by atoms with E-state index in [1.165, 1.54) is 5.70 Å². The van der Waals surface area contributed by atoms with Crippen LogP contribution in [0.25, 0.3) is 0 Å². The molecule has 0 bridgehead atoms. The third-order valence-corrected chi connectivity index (χ3v) is 1.31. The van der Waals surface area contributed by atoms with Gasteiger partial charge in [-0.25, -0.2) is 0 Å². The van der Waals surface area contributed by atoms with Crippen LogP contribution in [-0.4, -0.2) is 6.54 Å². The molecule has 0 saturated carbocycles. The van der Waals surface area contributed by atoms with Crippen LogP contribution >= 0.6 is 0 Å². The van der Waals surface area contributed by atoms with E-state index >= 15 is 0 Å². The summed E-state index contributed by atoms with van der Waals surface area (Å²) in [6, 6.07) is 0. The number of allylic oxidation sites excluding steroid dienone is 1. The van der Waals surface area contributed by atoms with E-state index in [1.54, 1.807) is 0 Å². The number of rotatable bonds is 1. The molecule has 0 saturated heterocycles. The van der Waals surface area contributed by atoms with Gasteiger partial charge in [0.1, 0.15) is 0 Å². The Hall–Kier alpha value is -0.720. The molecule has 1 N–H and O–H groups in total. The normalized spacial score (nSPS) is 26.6. The molecule has 0 spiro atoms. The van der Waals surface area contributed by atoms with Crippen LogP contribution < -0.4 is 5.32 Å². The highest BCUT2D eigenvalue weighted by atomic mass is 14.9. The predicted octanol–water partition coefficient (Wildman–Crippen LogP) is 1.30. The Morgan fingerprint density at radius 2 is 2.75 bits per heavy atom. The van der Waals surface area contributed by atoms with E-state index < -0.39 is 0 Å². The van der Waals surface area contributed by atoms with Crippen LogP contribution in [0, 0.1) is 5.92 Å². The lowest BCUT2D eigenvalue weighted by Crippen LogP contribution is -2.08. The molecule has 44 valence electrons. The summed E-state index contributed by atoms with van der Waals surface area (Å²) in [6.45, 7) is 6.90. The Kier molecular flexibility index (Phi) is 1.38. The van der Waals surface area contributed by atoms with Crippen molar-refractivity contribution in [3.8, 4) is 0 Å². The molecular weight excluding hydrogens is 98.1 g/mol. The molecule has 0 radical (unpaired) electrons. The molecule has 0 aromatic rings. The average molecular weight is 109 g/mol. The van der Waals surface area contributed by atoms with Crippen molar-refractivity contribution in [2.75, 3.05) is 6.54 Å². The van der Waals surface area contributed by atoms with Crippen molar-refractivity contribution < 1.29 is 0 Å². The largest absolute Gasteiger partial charge is 0.385 e. The van der Waals surface area contributed by atoms with Gasteiger partial charge in [0, 0.05) is 12.2 Å². The van der Waals surface area contributed by atoms with Crippen molar-refractivity contribution in [3.63, 3.8) is 0 Å². The maximum atomic E-state index is 3.65. The fraction of sp³-hybridized carbons (Fsp3) is 0.429. The van der Waals surface area contributed by atoms with Crippen LogP contribution in [0.4, 0.5) is 0 Å². The molecule has 0 aliphatic carbocycles. The summed E-state index contributed by atoms with van der Waals surface area (Å²) in [5.41, 5.74) is 1.18. The average Bonchev–Trinajstić information content (AvgIpc) is 2.14. The van der Waals surface area contributed by atoms with Crippen LogP contribution in [0.2, 0.25) is 0 Å². The summed E-state index contributed by atoms with van der Waals surface area (Å²) in [6.07, 6.45) is 4.04. The molecule has 0 amide bonds. The topological polar surface area (TPSA) is 12.0 Å². The first-order valence-corrected chi connectivity index (χ1v) is 2.91. The maximum absolute atomic E-state index is 3.65. The van der Waals surface area contributed by atoms with Gasteiger partial charge in [-0.05, 0) is 12.0 Å². The molecule has 1 heteroatoms. The second-order valence-corrected chi connectivity index (χ2v) is 2.18. The highest BCUT2D eigenvalue weighted by molar-refractivity contribution is 5.19. The van der Waals surface area contributed by atoms with Gasteiger partial charge in [-0.1, -0.05) is 19.6 Å². The van der Waals surface area contributed by atoms with Gasteiger partial charge in [0.15, 0.2) is 0 Å². The fourth-order valence-electron chi connectivity index (χ4n) is 0.843. The Balaban J connectivity index is 2.56. The molecule has 1 unspecified atom stereocenters. The molecule has 1 aliphatic heterocycles. The van der Waals surface area contributed by atoms with E-state index in [9.17, 15) is 0 Å². The third kappa shape index (κ3) is 0.915. The first-order chi connectivity index (χ1) is 3.83. The predicted molar refractivity (Wildman–Crippen MR) is 35.4 cm³/mol. The van der Waals surface area contributed by atoms with Crippen LogP contribution in [0.3, 0.4) is 0 Å². The summed E-state index contributed by atoms with van der Waals surface area (Å²) in [4.78, 5) is 0. The van der Waals surface area contributed by atoms with Gasteiger partial charge >= 0.3 is 0 Å². The van der Waals surface area contributed by atoms with Crippen molar-refractivity contribution >= 4 is 0 Å². The quantitative estimate of drug-likeness (QED) is 0.535. The minimum Gasteiger partial charge on any atom is -0.385 e. The van der Waals surface area contributed by atoms with Crippen LogP contribution in [0.1, 0.15) is 6.92 Å². The van der Waals surface area contributed by atoms with Crippen LogP contribution in [0.5, 0.6) is 0 Å². The second kappa shape index (κ2) is 2.03. The van der Waals surface area contributed by atoms with Crippen molar-refractivity contribution in [2.24, 2.45) is 5.92 Å². The smallest absolute Gasteiger partial charge is 0.0297 e. The minimum absolute atomic E-state index is 0.683. The van der Waals surface area contributed by atoms with Gasteiger partial charge in [0.05, 0.1) is 0 Å². The molecule has 1 aliphatic rings. The summed E-state index contributed by atoms with van der Waals surface area (Å²) in [5, 5.41) is 3.20. The van der Waals surface area contributed by atoms with Crippen LogP contribution in [0.15, 0.2) is 24.4 Å². The molecule has 0 aromatic heterocycles. The van der Waals surface area contributed by atoms with Crippen molar-refractivity contribution in [1.82, 2.24) is 5.32 Å². The molecule has 0 aromatic carbocycles. The van der Waals surface area contributed by atoms with E-state index in [0.29, 0.717) is 5.92 Å². The Labute approximate surface area is 50.1 Å². The van der Waals surface area contributed by atoms with Crippen molar-refractivity contribution in [3.05, 3.63) is 24.4 Å². The Morgan fingerprint density at radius 3 is 3.00 bits per heavy atom. The molecule has 1 rings (SSSR count). The van der Waals surface area contributed by atoms with Gasteiger partial charge in [-0.15, -0.1) is 0 Å². The molecular formula is C7H11N. The summed E-state index contributed by atoms with van der Waals surface area (Å²) in [5.74, 6) is 0.683. The van der Waals surface area contributed by atoms with Gasteiger partial charge in [-0.2, -0.15) is 0 Å². The molecule has 0 fully saturated rings. The number of hydrogen-bond donors (Lipinski definition) is 1. The van der Waals surface area contributed by atoms with Gasteiger partial charge < -0.3 is 5.32 Å². The summed E-state index contributed by atoms with van der Waals surface area (Å²) >= 11 is 0. The zero-order valence-corrected chi connectivity index (χ0v) is 5.15. The number of hydrogen-bond acceptors (Lipinski definition) is 1. The molecule has 1 nitrogen and oxygen atoms in total. The summed E-state index contributed by atoms with van der Waals surface area (Å²) in [7, 11) is 0. The van der Waals surface area contributed by atoms with Crippen molar-refractivity contribution in [1.29, 1.82) is 0 Å². The third-order valence-electron chi connectivity index (χ3n) is 1.31. The van der Waals surface area contributed by atoms with E-state index in [-0.39, 0.29) is 0 Å². The second-order valence-electron chi connectivity index (χ2n) is 2.18. The lowest BCUT2D eigenvalue weighted by molar-refractivity contribution is 0.719. The van der Waals surface area contributed by atoms with E-state index in [1.807, 2.05) is 6.08 Å². The zero-order valence-electron chi connectivity index (χ0n) is 5.15. The zero-order chi connectivity index (χ0) is 5.98. The standard InChI is InChI=1S/C7H11N/c1-3-7-4-6(2)5-8-7/h3-4,6,8H,1,5H2,2H3. The molecule has 1 atom stereocenters. The molecule has 1 heterocycles. The van der Waals surface area contributed by atoms with Gasteiger partial charge in [0.25, 0.3) is 0 Å². The Bertz CT molecular complexity index is 124.